The molecule has 0 radical (unpaired) electrons. The Labute approximate surface area is 172 Å². The monoisotopic (exact) mass is 423 g/mol. The third-order valence-corrected chi connectivity index (χ3v) is 5.26. The highest BCUT2D eigenvalue weighted by atomic mass is 19.4. The van der Waals surface area contributed by atoms with Crippen LogP contribution in [-0.4, -0.2) is 35.5 Å². The average molecular weight is 423 g/mol. The number of imidazole rings is 1. The van der Waals surface area contributed by atoms with E-state index in [9.17, 15) is 18.0 Å². The van der Waals surface area contributed by atoms with Crippen LogP contribution in [0, 0.1) is 5.92 Å². The number of hydrogen-bond donors (Lipinski definition) is 2. The van der Waals surface area contributed by atoms with Gasteiger partial charge in [-0.2, -0.15) is 13.2 Å². The number of nitrogen functional groups attached to an aromatic ring is 1. The highest BCUT2D eigenvalue weighted by Gasteiger charge is 2.32. The number of hydrogen-bond acceptors (Lipinski definition) is 6. The Balaban J connectivity index is 1.83. The molecule has 0 aliphatic carbocycles. The summed E-state index contributed by atoms with van der Waals surface area (Å²) >= 11 is 0. The largest absolute Gasteiger partial charge is 0.483 e. The van der Waals surface area contributed by atoms with Crippen LogP contribution in [0.2, 0.25) is 0 Å². The number of anilines is 2. The fraction of sp³-hybridized carbons (Fsp3) is 0.400. The Hall–Kier alpha value is -3.17. The molecule has 1 aliphatic heterocycles. The van der Waals surface area contributed by atoms with Crippen molar-refractivity contribution in [3.63, 3.8) is 0 Å². The molecule has 1 aromatic heterocycles. The van der Waals surface area contributed by atoms with E-state index in [0.717, 1.165) is 12.1 Å². The maximum Gasteiger partial charge on any atom is 0.416 e. The molecular formula is C20H24F3N5O2. The van der Waals surface area contributed by atoms with Crippen LogP contribution in [0.15, 0.2) is 42.6 Å². The first-order valence-corrected chi connectivity index (χ1v) is 9.45. The first-order valence-electron chi connectivity index (χ1n) is 9.45. The van der Waals surface area contributed by atoms with Crippen molar-refractivity contribution < 1.29 is 22.7 Å². The highest BCUT2D eigenvalue weighted by Crippen LogP contribution is 2.35. The van der Waals surface area contributed by atoms with E-state index in [1.165, 1.54) is 25.4 Å². The molecule has 10 heteroatoms. The lowest BCUT2D eigenvalue weighted by Crippen LogP contribution is -2.37. The Kier molecular flexibility index (Phi) is 6.23. The number of alkyl halides is 3. The van der Waals surface area contributed by atoms with Crippen molar-refractivity contribution in [1.82, 2.24) is 9.55 Å². The number of carbonyl (C=O) groups excluding carboxylic acids is 1. The maximum atomic E-state index is 13.3. The molecule has 0 unspecified atom stereocenters. The second kappa shape index (κ2) is 8.68. The molecule has 1 aromatic carbocycles. The normalized spacial score (nSPS) is 16.0. The molecule has 2 heterocycles. The van der Waals surface area contributed by atoms with Crippen LogP contribution in [0.1, 0.15) is 24.0 Å². The second-order valence-corrected chi connectivity index (χ2v) is 7.17. The fourth-order valence-corrected chi connectivity index (χ4v) is 3.55. The van der Waals surface area contributed by atoms with E-state index in [4.69, 9.17) is 16.2 Å². The fourth-order valence-electron chi connectivity index (χ4n) is 3.55. The molecule has 0 amide bonds. The van der Waals surface area contributed by atoms with Crippen LogP contribution in [0.3, 0.4) is 0 Å². The van der Waals surface area contributed by atoms with Crippen LogP contribution >= 0.6 is 0 Å². The number of carbonyl (C=O) groups is 1. The van der Waals surface area contributed by atoms with Crippen LogP contribution in [0.4, 0.5) is 24.8 Å². The number of ether oxygens (including phenoxy) is 1. The van der Waals surface area contributed by atoms with Crippen LogP contribution in [-0.2, 0) is 22.3 Å². The summed E-state index contributed by atoms with van der Waals surface area (Å²) in [7, 11) is 1.38. The Morgan fingerprint density at radius 1 is 1.33 bits per heavy atom. The molecule has 0 bridgehead atoms. The summed E-state index contributed by atoms with van der Waals surface area (Å²) in [6.45, 7) is 1.20. The van der Waals surface area contributed by atoms with Crippen molar-refractivity contribution >= 4 is 17.4 Å². The van der Waals surface area contributed by atoms with Gasteiger partial charge in [-0.3, -0.25) is 4.79 Å². The molecule has 7 nitrogen and oxygen atoms in total. The molecule has 1 fully saturated rings. The predicted molar refractivity (Wildman–Crippen MR) is 106 cm³/mol. The molecule has 0 saturated carbocycles. The quantitative estimate of drug-likeness (QED) is 0.548. The topological polar surface area (TPSA) is 99.4 Å². The zero-order valence-corrected chi connectivity index (χ0v) is 16.5. The van der Waals surface area contributed by atoms with Crippen molar-refractivity contribution in [3.05, 3.63) is 53.7 Å². The average Bonchev–Trinajstić information content (AvgIpc) is 3.12. The number of ketones is 1. The number of piperidine rings is 1. The lowest BCUT2D eigenvalue weighted by molar-refractivity contribution is -0.137. The van der Waals surface area contributed by atoms with E-state index in [-0.39, 0.29) is 23.5 Å². The number of rotatable bonds is 6. The van der Waals surface area contributed by atoms with Crippen molar-refractivity contribution in [3.8, 4) is 0 Å². The summed E-state index contributed by atoms with van der Waals surface area (Å²) in [5, 5.41) is 0. The lowest BCUT2D eigenvalue weighted by Gasteiger charge is -2.34. The van der Waals surface area contributed by atoms with Gasteiger partial charge in [0.15, 0.2) is 17.6 Å². The van der Waals surface area contributed by atoms with E-state index in [2.05, 4.69) is 4.98 Å². The molecule has 30 heavy (non-hydrogen) atoms. The Morgan fingerprint density at radius 2 is 2.03 bits per heavy atom. The lowest BCUT2D eigenvalue weighted by atomic mass is 9.91. The smallest absolute Gasteiger partial charge is 0.416 e. The van der Waals surface area contributed by atoms with Gasteiger partial charge in [-0.25, -0.2) is 4.98 Å². The number of allylic oxidation sites excluding steroid dienone is 1. The van der Waals surface area contributed by atoms with Crippen LogP contribution in [0.25, 0.3) is 0 Å². The SMILES string of the molecule is COC(N)=CC(=O)C1CCN(c2cc(C(F)(F)F)ccc2Cn2ccnc2N)CC1. The number of aromatic nitrogens is 2. The van der Waals surface area contributed by atoms with Gasteiger partial charge in [0.2, 0.25) is 0 Å². The summed E-state index contributed by atoms with van der Waals surface area (Å²) in [6.07, 6.45) is 1.05. The number of methoxy groups -OCH3 is 1. The van der Waals surface area contributed by atoms with Gasteiger partial charge in [0.1, 0.15) is 0 Å². The molecule has 0 atom stereocenters. The first-order chi connectivity index (χ1) is 14.2. The summed E-state index contributed by atoms with van der Waals surface area (Å²) in [6, 6.07) is 3.70. The minimum Gasteiger partial charge on any atom is -0.483 e. The van der Waals surface area contributed by atoms with E-state index >= 15 is 0 Å². The Bertz CT molecular complexity index is 931. The molecule has 0 spiro atoms. The standard InChI is InChI=1S/C20H24F3N5O2/c1-30-18(24)11-17(29)13-4-7-27(8-5-13)16-10-15(20(21,22)23)3-2-14(16)12-28-9-6-26-19(28)25/h2-3,6,9-11,13H,4-5,7-8,12,24H2,1H3,(H2,25,26). The summed E-state index contributed by atoms with van der Waals surface area (Å²) in [4.78, 5) is 18.1. The van der Waals surface area contributed by atoms with E-state index < -0.39 is 11.7 Å². The van der Waals surface area contributed by atoms with Gasteiger partial charge in [0.25, 0.3) is 0 Å². The number of nitrogens with two attached hydrogens (primary N) is 2. The zero-order chi connectivity index (χ0) is 21.9. The molecule has 162 valence electrons. The zero-order valence-electron chi connectivity index (χ0n) is 16.5. The maximum absolute atomic E-state index is 13.3. The van der Waals surface area contributed by atoms with E-state index in [1.807, 2.05) is 4.90 Å². The van der Waals surface area contributed by atoms with Crippen LogP contribution in [0.5, 0.6) is 0 Å². The summed E-state index contributed by atoms with van der Waals surface area (Å²) < 4.78 is 46.4. The van der Waals surface area contributed by atoms with Gasteiger partial charge in [-0.1, -0.05) is 6.07 Å². The van der Waals surface area contributed by atoms with Gasteiger partial charge >= 0.3 is 6.18 Å². The second-order valence-electron chi connectivity index (χ2n) is 7.17. The minimum absolute atomic E-state index is 0.0421. The third-order valence-electron chi connectivity index (χ3n) is 5.26. The molecule has 2 aromatic rings. The van der Waals surface area contributed by atoms with Crippen molar-refractivity contribution in [2.24, 2.45) is 11.7 Å². The highest BCUT2D eigenvalue weighted by molar-refractivity contribution is 5.92. The molecular weight excluding hydrogens is 399 g/mol. The van der Waals surface area contributed by atoms with Crippen molar-refractivity contribution in [2.75, 3.05) is 30.8 Å². The molecule has 3 rings (SSSR count). The van der Waals surface area contributed by atoms with Gasteiger partial charge in [-0.15, -0.1) is 0 Å². The minimum atomic E-state index is -4.45. The van der Waals surface area contributed by atoms with Gasteiger partial charge in [0.05, 0.1) is 19.2 Å². The van der Waals surface area contributed by atoms with Crippen molar-refractivity contribution in [1.29, 1.82) is 0 Å². The first kappa shape index (κ1) is 21.5. The summed E-state index contributed by atoms with van der Waals surface area (Å²) in [5.41, 5.74) is 11.8. The Morgan fingerprint density at radius 3 is 2.60 bits per heavy atom. The van der Waals surface area contributed by atoms with Crippen LogP contribution < -0.4 is 16.4 Å². The van der Waals surface area contributed by atoms with Gasteiger partial charge in [-0.05, 0) is 30.5 Å². The summed E-state index contributed by atoms with van der Waals surface area (Å²) in [5.74, 6) is -0.0499. The number of nitrogens with zero attached hydrogens (tertiary/aromatic N) is 3. The number of benzene rings is 1. The molecule has 4 N–H and O–H groups in total. The van der Waals surface area contributed by atoms with E-state index in [0.29, 0.717) is 43.7 Å². The van der Waals surface area contributed by atoms with E-state index in [1.54, 1.807) is 10.8 Å². The molecule has 1 saturated heterocycles. The van der Waals surface area contributed by atoms with Crippen molar-refractivity contribution in [2.45, 2.75) is 25.6 Å². The van der Waals surface area contributed by atoms with Gasteiger partial charge < -0.3 is 25.7 Å². The third kappa shape index (κ3) is 4.87. The van der Waals surface area contributed by atoms with Gasteiger partial charge in [0, 0.05) is 43.2 Å². The predicted octanol–water partition coefficient (Wildman–Crippen LogP) is 2.76. The number of halogens is 3. The molecule has 1 aliphatic rings.